The van der Waals surface area contributed by atoms with E-state index in [-0.39, 0.29) is 17.3 Å². The number of rotatable bonds is 2. The fourth-order valence-electron chi connectivity index (χ4n) is 2.08. The largest absolute Gasteiger partial charge is 0.399 e. The van der Waals surface area contributed by atoms with Gasteiger partial charge in [-0.1, -0.05) is 0 Å². The van der Waals surface area contributed by atoms with E-state index in [0.29, 0.717) is 30.8 Å². The second-order valence-corrected chi connectivity index (χ2v) is 6.47. The van der Waals surface area contributed by atoms with Crippen molar-refractivity contribution in [2.24, 2.45) is 0 Å². The molecular weight excluding hydrogens is 266 g/mol. The lowest BCUT2D eigenvalue weighted by Crippen LogP contribution is -2.37. The molecule has 7 heteroatoms. The molecule has 1 aliphatic heterocycles. The maximum atomic E-state index is 12.5. The third-order valence-electron chi connectivity index (χ3n) is 3.04. The van der Waals surface area contributed by atoms with Gasteiger partial charge in [0.25, 0.3) is 0 Å². The molecule has 104 valence electrons. The summed E-state index contributed by atoms with van der Waals surface area (Å²) in [4.78, 5) is 11.7. The van der Waals surface area contributed by atoms with Gasteiger partial charge in [-0.2, -0.15) is 4.31 Å². The molecule has 0 aliphatic carbocycles. The minimum absolute atomic E-state index is 0.133. The van der Waals surface area contributed by atoms with E-state index in [1.54, 1.807) is 19.1 Å². The summed E-state index contributed by atoms with van der Waals surface area (Å²) < 4.78 is 26.3. The highest BCUT2D eigenvalue weighted by molar-refractivity contribution is 7.89. The molecule has 3 N–H and O–H groups in total. The van der Waals surface area contributed by atoms with Gasteiger partial charge in [0.2, 0.25) is 15.9 Å². The van der Waals surface area contributed by atoms with E-state index in [1.165, 1.54) is 10.4 Å². The molecular formula is C12H17N3O3S. The monoisotopic (exact) mass is 283 g/mol. The van der Waals surface area contributed by atoms with Crippen LogP contribution in [0.25, 0.3) is 0 Å². The van der Waals surface area contributed by atoms with Crippen LogP contribution in [0.4, 0.5) is 5.69 Å². The molecule has 0 radical (unpaired) electrons. The van der Waals surface area contributed by atoms with E-state index < -0.39 is 10.0 Å². The lowest BCUT2D eigenvalue weighted by molar-refractivity contribution is -0.120. The zero-order chi connectivity index (χ0) is 14.0. The fraction of sp³-hybridized carbons (Fsp3) is 0.417. The Morgan fingerprint density at radius 1 is 1.37 bits per heavy atom. The van der Waals surface area contributed by atoms with Crippen LogP contribution >= 0.6 is 0 Å². The van der Waals surface area contributed by atoms with E-state index >= 15 is 0 Å². The Morgan fingerprint density at radius 2 is 2.11 bits per heavy atom. The normalized spacial score (nSPS) is 17.8. The standard InChI is InChI=1S/C12H17N3O3S/c1-9-7-10(13)3-4-11(9)19(17,18)15-6-2-5-14-12(16)8-15/h3-4,7H,2,5-6,8,13H2,1H3,(H,14,16). The highest BCUT2D eigenvalue weighted by Crippen LogP contribution is 2.22. The zero-order valence-electron chi connectivity index (χ0n) is 10.7. The molecule has 0 unspecified atom stereocenters. The second kappa shape index (κ2) is 5.18. The molecule has 0 bridgehead atoms. The van der Waals surface area contributed by atoms with Crippen molar-refractivity contribution in [1.29, 1.82) is 0 Å². The molecule has 0 spiro atoms. The van der Waals surface area contributed by atoms with E-state index in [1.807, 2.05) is 0 Å². The first-order chi connectivity index (χ1) is 8.91. The summed E-state index contributed by atoms with van der Waals surface area (Å²) in [5, 5.41) is 2.66. The average molecular weight is 283 g/mol. The van der Waals surface area contributed by atoms with Gasteiger partial charge in [-0.25, -0.2) is 8.42 Å². The van der Waals surface area contributed by atoms with Crippen LogP contribution in [0.2, 0.25) is 0 Å². The van der Waals surface area contributed by atoms with Crippen LogP contribution in [0, 0.1) is 6.92 Å². The number of nitrogens with one attached hydrogen (secondary N) is 1. The third kappa shape index (κ3) is 2.87. The number of carbonyl (C=O) groups excluding carboxylic acids is 1. The van der Waals surface area contributed by atoms with Gasteiger partial charge in [0.05, 0.1) is 11.4 Å². The van der Waals surface area contributed by atoms with Crippen molar-refractivity contribution in [3.8, 4) is 0 Å². The van der Waals surface area contributed by atoms with Crippen LogP contribution in [0.1, 0.15) is 12.0 Å². The van der Waals surface area contributed by atoms with E-state index in [4.69, 9.17) is 5.73 Å². The Morgan fingerprint density at radius 3 is 2.79 bits per heavy atom. The maximum absolute atomic E-state index is 12.5. The molecule has 1 fully saturated rings. The molecule has 1 aromatic carbocycles. The number of anilines is 1. The summed E-state index contributed by atoms with van der Waals surface area (Å²) in [6, 6.07) is 4.66. The van der Waals surface area contributed by atoms with Gasteiger partial charge in [-0.3, -0.25) is 4.79 Å². The summed E-state index contributed by atoms with van der Waals surface area (Å²) in [6.45, 7) is 2.41. The number of benzene rings is 1. The third-order valence-corrected chi connectivity index (χ3v) is 5.05. The van der Waals surface area contributed by atoms with Crippen molar-refractivity contribution in [3.63, 3.8) is 0 Å². The minimum Gasteiger partial charge on any atom is -0.399 e. The number of aryl methyl sites for hydroxylation is 1. The number of hydrogen-bond donors (Lipinski definition) is 2. The molecule has 1 amide bonds. The van der Waals surface area contributed by atoms with Gasteiger partial charge in [0, 0.05) is 18.8 Å². The van der Waals surface area contributed by atoms with Gasteiger partial charge >= 0.3 is 0 Å². The molecule has 1 aliphatic rings. The van der Waals surface area contributed by atoms with Crippen LogP contribution in [0.3, 0.4) is 0 Å². The number of nitrogens with zero attached hydrogens (tertiary/aromatic N) is 1. The smallest absolute Gasteiger partial charge is 0.243 e. The Kier molecular flexibility index (Phi) is 3.77. The number of amides is 1. The molecule has 19 heavy (non-hydrogen) atoms. The van der Waals surface area contributed by atoms with Crippen LogP contribution < -0.4 is 11.1 Å². The van der Waals surface area contributed by atoms with Crippen LogP contribution in [-0.4, -0.2) is 38.3 Å². The summed E-state index contributed by atoms with van der Waals surface area (Å²) in [5.74, 6) is -0.269. The molecule has 6 nitrogen and oxygen atoms in total. The van der Waals surface area contributed by atoms with Gasteiger partial charge in [-0.15, -0.1) is 0 Å². The van der Waals surface area contributed by atoms with Gasteiger partial charge in [-0.05, 0) is 37.1 Å². The van der Waals surface area contributed by atoms with Crippen molar-refractivity contribution >= 4 is 21.6 Å². The maximum Gasteiger partial charge on any atom is 0.243 e. The Hall–Kier alpha value is -1.60. The first kappa shape index (κ1) is 13.8. The highest BCUT2D eigenvalue weighted by atomic mass is 32.2. The topological polar surface area (TPSA) is 92.5 Å². The van der Waals surface area contributed by atoms with Gasteiger partial charge in [0.15, 0.2) is 0 Å². The molecule has 1 aromatic rings. The molecule has 0 saturated carbocycles. The highest BCUT2D eigenvalue weighted by Gasteiger charge is 2.29. The molecule has 0 aromatic heterocycles. The van der Waals surface area contributed by atoms with Gasteiger partial charge in [0.1, 0.15) is 0 Å². The van der Waals surface area contributed by atoms with E-state index in [9.17, 15) is 13.2 Å². The Labute approximate surface area is 112 Å². The van der Waals surface area contributed by atoms with Crippen molar-refractivity contribution in [2.75, 3.05) is 25.4 Å². The van der Waals surface area contributed by atoms with Crippen molar-refractivity contribution in [3.05, 3.63) is 23.8 Å². The van der Waals surface area contributed by atoms with E-state index in [0.717, 1.165) is 0 Å². The SMILES string of the molecule is Cc1cc(N)ccc1S(=O)(=O)N1CCCNC(=O)C1. The van der Waals surface area contributed by atoms with Crippen molar-refractivity contribution in [1.82, 2.24) is 9.62 Å². The van der Waals surface area contributed by atoms with E-state index in [2.05, 4.69) is 5.32 Å². The zero-order valence-corrected chi connectivity index (χ0v) is 11.5. The number of nitrogens with two attached hydrogens (primary N) is 1. The quantitative estimate of drug-likeness (QED) is 0.752. The summed E-state index contributed by atoms with van der Waals surface area (Å²) in [7, 11) is -3.65. The summed E-state index contributed by atoms with van der Waals surface area (Å²) >= 11 is 0. The van der Waals surface area contributed by atoms with Crippen molar-refractivity contribution < 1.29 is 13.2 Å². The number of sulfonamides is 1. The van der Waals surface area contributed by atoms with Crippen LogP contribution in [-0.2, 0) is 14.8 Å². The first-order valence-corrected chi connectivity index (χ1v) is 7.48. The lowest BCUT2D eigenvalue weighted by Gasteiger charge is -2.20. The summed E-state index contributed by atoms with van der Waals surface area (Å²) in [6.07, 6.45) is 0.610. The van der Waals surface area contributed by atoms with Crippen LogP contribution in [0.15, 0.2) is 23.1 Å². The average Bonchev–Trinajstić information content (AvgIpc) is 2.53. The molecule has 2 rings (SSSR count). The first-order valence-electron chi connectivity index (χ1n) is 6.04. The second-order valence-electron chi connectivity index (χ2n) is 4.57. The number of hydrogen-bond acceptors (Lipinski definition) is 4. The predicted octanol–water partition coefficient (Wildman–Crippen LogP) is 0.0878. The molecule has 1 heterocycles. The minimum atomic E-state index is -3.65. The van der Waals surface area contributed by atoms with Gasteiger partial charge < -0.3 is 11.1 Å². The van der Waals surface area contributed by atoms with Crippen LogP contribution in [0.5, 0.6) is 0 Å². The number of carbonyl (C=O) groups is 1. The number of nitrogen functional groups attached to an aromatic ring is 1. The molecule has 0 atom stereocenters. The lowest BCUT2D eigenvalue weighted by atomic mass is 10.2. The predicted molar refractivity (Wildman–Crippen MR) is 72.0 cm³/mol. The molecule has 1 saturated heterocycles. The fourth-order valence-corrected chi connectivity index (χ4v) is 3.73. The Bertz CT molecular complexity index is 598. The van der Waals surface area contributed by atoms with Crippen molar-refractivity contribution in [2.45, 2.75) is 18.2 Å². The Balaban J connectivity index is 2.38. The summed E-state index contributed by atoms with van der Waals surface area (Å²) in [5.41, 5.74) is 6.73.